The number of aliphatic hydroxyl groups excluding tert-OH is 1. The van der Waals surface area contributed by atoms with Crippen molar-refractivity contribution >= 4 is 17.8 Å². The molecule has 2 N–H and O–H groups in total. The van der Waals surface area contributed by atoms with Crippen LogP contribution in [0, 0.1) is 11.3 Å². The second-order valence-electron chi connectivity index (χ2n) is 8.58. The molecule has 1 aromatic rings. The van der Waals surface area contributed by atoms with Gasteiger partial charge in [-0.25, -0.2) is 4.98 Å². The Morgan fingerprint density at radius 3 is 2.64 bits per heavy atom. The van der Waals surface area contributed by atoms with Gasteiger partial charge in [0.15, 0.2) is 5.78 Å². The summed E-state index contributed by atoms with van der Waals surface area (Å²) in [6, 6.07) is 0. The zero-order chi connectivity index (χ0) is 20.9. The third kappa shape index (κ3) is 5.29. The van der Waals surface area contributed by atoms with Gasteiger partial charge in [0.25, 0.3) is 0 Å². The predicted molar refractivity (Wildman–Crippen MR) is 110 cm³/mol. The summed E-state index contributed by atoms with van der Waals surface area (Å²) >= 11 is 0. The number of aliphatic hydroxyl groups is 1. The van der Waals surface area contributed by atoms with Crippen molar-refractivity contribution in [3.63, 3.8) is 0 Å². The van der Waals surface area contributed by atoms with Gasteiger partial charge in [-0.2, -0.15) is 0 Å². The summed E-state index contributed by atoms with van der Waals surface area (Å²) in [5.74, 6) is 0.115. The lowest BCUT2D eigenvalue weighted by Crippen LogP contribution is -2.37. The molecule has 2 rings (SSSR count). The summed E-state index contributed by atoms with van der Waals surface area (Å²) < 4.78 is 2.11. The molecule has 156 valence electrons. The number of aromatic nitrogens is 2. The van der Waals surface area contributed by atoms with E-state index in [1.807, 2.05) is 40.0 Å². The Hall–Kier alpha value is -1.99. The lowest BCUT2D eigenvalue weighted by atomic mass is 9.77. The van der Waals surface area contributed by atoms with Gasteiger partial charge in [0.2, 0.25) is 5.91 Å². The quantitative estimate of drug-likeness (QED) is 0.696. The minimum Gasteiger partial charge on any atom is -0.396 e. The maximum atomic E-state index is 13.2. The summed E-state index contributed by atoms with van der Waals surface area (Å²) in [4.78, 5) is 32.4. The smallest absolute Gasteiger partial charge is 0.223 e. The van der Waals surface area contributed by atoms with Crippen LogP contribution >= 0.6 is 0 Å². The van der Waals surface area contributed by atoms with E-state index in [1.165, 1.54) is 0 Å². The Bertz CT molecular complexity index is 731. The Morgan fingerprint density at radius 2 is 2.04 bits per heavy atom. The van der Waals surface area contributed by atoms with Gasteiger partial charge >= 0.3 is 0 Å². The largest absolute Gasteiger partial charge is 0.396 e. The van der Waals surface area contributed by atoms with Gasteiger partial charge in [0, 0.05) is 33.2 Å². The van der Waals surface area contributed by atoms with Crippen molar-refractivity contribution in [3.05, 3.63) is 23.3 Å². The highest BCUT2D eigenvalue weighted by Gasteiger charge is 2.34. The lowest BCUT2D eigenvalue weighted by molar-refractivity contribution is -0.127. The van der Waals surface area contributed by atoms with Crippen LogP contribution in [0.2, 0.25) is 0 Å². The van der Waals surface area contributed by atoms with Crippen molar-refractivity contribution in [2.45, 2.75) is 53.1 Å². The molecule has 0 aromatic carbocycles. The number of rotatable bonds is 7. The van der Waals surface area contributed by atoms with Gasteiger partial charge in [-0.05, 0) is 37.9 Å². The second kappa shape index (κ2) is 9.47. The van der Waals surface area contributed by atoms with Crippen molar-refractivity contribution < 1.29 is 14.7 Å². The molecule has 7 nitrogen and oxygen atoms in total. The fourth-order valence-electron chi connectivity index (χ4n) is 3.61. The van der Waals surface area contributed by atoms with E-state index >= 15 is 0 Å². The van der Waals surface area contributed by atoms with E-state index in [-0.39, 0.29) is 30.1 Å². The van der Waals surface area contributed by atoms with Crippen LogP contribution in [0.5, 0.6) is 0 Å². The van der Waals surface area contributed by atoms with Gasteiger partial charge in [0.1, 0.15) is 11.5 Å². The first-order valence-electron chi connectivity index (χ1n) is 9.99. The van der Waals surface area contributed by atoms with Gasteiger partial charge in [0.05, 0.1) is 11.6 Å². The molecule has 1 aromatic heterocycles. The lowest BCUT2D eigenvalue weighted by Gasteiger charge is -2.28. The predicted octanol–water partition coefficient (Wildman–Crippen LogP) is 2.10. The van der Waals surface area contributed by atoms with E-state index in [1.54, 1.807) is 7.05 Å². The highest BCUT2D eigenvalue weighted by molar-refractivity contribution is 5.98. The Kier molecular flexibility index (Phi) is 7.55. The van der Waals surface area contributed by atoms with Crippen molar-refractivity contribution in [2.75, 3.05) is 27.2 Å². The number of carbonyl (C=O) groups is 2. The van der Waals surface area contributed by atoms with Crippen molar-refractivity contribution in [2.24, 2.45) is 11.3 Å². The van der Waals surface area contributed by atoms with Crippen LogP contribution < -0.4 is 5.32 Å². The van der Waals surface area contributed by atoms with Gasteiger partial charge in [-0.1, -0.05) is 26.8 Å². The Morgan fingerprint density at radius 1 is 1.32 bits per heavy atom. The SMILES string of the molecule is CNC(=O)[C@@H](CC(=O)c1nc(/C=C/CCO)n2c1CN(C)CCC2)C(C)(C)C. The number of Topliss-reactive ketones (excluding diaryl/α,β-unsaturated/α-hetero) is 1. The average Bonchev–Trinajstić information content (AvgIpc) is 2.83. The van der Waals surface area contributed by atoms with Crippen LogP contribution in [0.4, 0.5) is 0 Å². The number of hydrogen-bond acceptors (Lipinski definition) is 5. The minimum atomic E-state index is -0.417. The van der Waals surface area contributed by atoms with E-state index in [9.17, 15) is 9.59 Å². The summed E-state index contributed by atoms with van der Waals surface area (Å²) in [6.07, 6.45) is 5.42. The monoisotopic (exact) mass is 390 g/mol. The highest BCUT2D eigenvalue weighted by Crippen LogP contribution is 2.31. The standard InChI is InChI=1S/C21H34N4O3/c1-21(2,3)15(20(28)22-4)13-17(27)19-16-14-24(5)10-8-11-25(16)18(23-19)9-6-7-12-26/h6,9,15,26H,7-8,10-14H2,1-5H3,(H,22,28)/b9-6+/t15-/m1/s1. The van der Waals surface area contributed by atoms with E-state index in [4.69, 9.17) is 5.11 Å². The molecular weight excluding hydrogens is 356 g/mol. The zero-order valence-electron chi connectivity index (χ0n) is 17.8. The summed E-state index contributed by atoms with van der Waals surface area (Å²) in [5, 5.41) is 11.7. The third-order valence-electron chi connectivity index (χ3n) is 5.27. The average molecular weight is 391 g/mol. The van der Waals surface area contributed by atoms with Crippen LogP contribution in [0.3, 0.4) is 0 Å². The molecule has 1 atom stereocenters. The number of ketones is 1. The zero-order valence-corrected chi connectivity index (χ0v) is 17.8. The molecule has 0 saturated heterocycles. The number of carbonyl (C=O) groups excluding carboxylic acids is 2. The minimum absolute atomic E-state index is 0.0813. The van der Waals surface area contributed by atoms with Crippen LogP contribution in [0.25, 0.3) is 6.08 Å². The third-order valence-corrected chi connectivity index (χ3v) is 5.27. The highest BCUT2D eigenvalue weighted by atomic mass is 16.2. The Balaban J connectivity index is 2.40. The van der Waals surface area contributed by atoms with E-state index < -0.39 is 5.92 Å². The van der Waals surface area contributed by atoms with Gasteiger partial charge in [-0.3, -0.25) is 9.59 Å². The number of nitrogens with zero attached hydrogens (tertiary/aromatic N) is 3. The number of amides is 1. The molecular formula is C21H34N4O3. The molecule has 7 heteroatoms. The number of nitrogens with one attached hydrogen (secondary N) is 1. The van der Waals surface area contributed by atoms with Crippen molar-refractivity contribution in [1.82, 2.24) is 19.8 Å². The number of hydrogen-bond donors (Lipinski definition) is 2. The van der Waals surface area contributed by atoms with E-state index in [2.05, 4.69) is 19.8 Å². The van der Waals surface area contributed by atoms with Crippen LogP contribution in [0.1, 0.15) is 62.0 Å². The van der Waals surface area contributed by atoms with Crippen molar-refractivity contribution in [1.29, 1.82) is 0 Å². The van der Waals surface area contributed by atoms with Gasteiger partial charge in [-0.15, -0.1) is 0 Å². The first-order chi connectivity index (χ1) is 13.2. The normalized spacial score (nSPS) is 16.6. The molecule has 0 fully saturated rings. The summed E-state index contributed by atoms with van der Waals surface area (Å²) in [6.45, 7) is 8.43. The number of imidazole rings is 1. The molecule has 0 saturated carbocycles. The fraction of sp³-hybridized carbons (Fsp3) is 0.667. The molecule has 0 bridgehead atoms. The van der Waals surface area contributed by atoms with Crippen molar-refractivity contribution in [3.8, 4) is 0 Å². The second-order valence-corrected chi connectivity index (χ2v) is 8.58. The summed E-state index contributed by atoms with van der Waals surface area (Å²) in [5.41, 5.74) is 1.06. The molecule has 0 unspecified atom stereocenters. The molecule has 1 aliphatic heterocycles. The van der Waals surface area contributed by atoms with Crippen LogP contribution in [-0.4, -0.2) is 58.5 Å². The molecule has 2 heterocycles. The molecule has 0 aliphatic carbocycles. The first-order valence-corrected chi connectivity index (χ1v) is 9.99. The Labute approximate surface area is 167 Å². The number of fused-ring (bicyclic) bond motifs is 1. The van der Waals surface area contributed by atoms with E-state index in [0.717, 1.165) is 31.0 Å². The maximum Gasteiger partial charge on any atom is 0.223 e. The first kappa shape index (κ1) is 22.3. The summed E-state index contributed by atoms with van der Waals surface area (Å²) in [7, 11) is 3.65. The topological polar surface area (TPSA) is 87.5 Å². The van der Waals surface area contributed by atoms with Crippen LogP contribution in [-0.2, 0) is 17.9 Å². The molecule has 28 heavy (non-hydrogen) atoms. The van der Waals surface area contributed by atoms with Crippen LogP contribution in [0.15, 0.2) is 6.08 Å². The van der Waals surface area contributed by atoms with Gasteiger partial charge < -0.3 is 19.9 Å². The maximum absolute atomic E-state index is 13.2. The molecule has 1 amide bonds. The van der Waals surface area contributed by atoms with E-state index in [0.29, 0.717) is 18.7 Å². The molecule has 0 radical (unpaired) electrons. The molecule has 1 aliphatic rings. The molecule has 0 spiro atoms. The fourth-order valence-corrected chi connectivity index (χ4v) is 3.61.